The van der Waals surface area contributed by atoms with Crippen molar-refractivity contribution in [1.29, 1.82) is 0 Å². The van der Waals surface area contributed by atoms with Gasteiger partial charge in [-0.15, -0.1) is 0 Å². The van der Waals surface area contributed by atoms with Crippen molar-refractivity contribution in [2.24, 2.45) is 0 Å². The summed E-state index contributed by atoms with van der Waals surface area (Å²) >= 11 is 0. The van der Waals surface area contributed by atoms with Crippen molar-refractivity contribution in [2.75, 3.05) is 13.6 Å². The Kier molecular flexibility index (Phi) is 3.76. The van der Waals surface area contributed by atoms with E-state index in [0.29, 0.717) is 18.6 Å². The van der Waals surface area contributed by atoms with E-state index in [1.807, 2.05) is 13.1 Å². The third-order valence-corrected chi connectivity index (χ3v) is 6.14. The third kappa shape index (κ3) is 2.38. The van der Waals surface area contributed by atoms with E-state index < -0.39 is 27.5 Å². The van der Waals surface area contributed by atoms with Crippen molar-refractivity contribution in [1.82, 2.24) is 4.90 Å². The summed E-state index contributed by atoms with van der Waals surface area (Å²) in [7, 11) is -2.66. The minimum absolute atomic E-state index is 0.0510. The highest BCUT2D eigenvalue weighted by Crippen LogP contribution is 2.63. The lowest BCUT2D eigenvalue weighted by Gasteiger charge is -2.60. The van der Waals surface area contributed by atoms with Gasteiger partial charge in [-0.3, -0.25) is 18.8 Å². The number of carbonyl (C=O) groups excluding carboxylic acids is 1. The van der Waals surface area contributed by atoms with E-state index in [9.17, 15) is 15.0 Å². The van der Waals surface area contributed by atoms with Crippen LogP contribution in [-0.2, 0) is 27.0 Å². The molecule has 2 aliphatic heterocycles. The molecule has 146 valence electrons. The molecule has 4 atom stereocenters. The molecular formula is C17H19NO8S. The molecule has 9 nitrogen and oxygen atoms in total. The fourth-order valence-corrected chi connectivity index (χ4v) is 5.13. The fourth-order valence-electron chi connectivity index (χ4n) is 5.13. The lowest BCUT2D eigenvalue weighted by molar-refractivity contribution is -0.151. The van der Waals surface area contributed by atoms with Gasteiger partial charge in [-0.1, -0.05) is 6.07 Å². The predicted molar refractivity (Wildman–Crippen MR) is 92.2 cm³/mol. The lowest BCUT2D eigenvalue weighted by atomic mass is 9.51. The summed E-state index contributed by atoms with van der Waals surface area (Å²) in [5.41, 5.74) is 0.0177. The summed E-state index contributed by atoms with van der Waals surface area (Å²) < 4.78 is 37.5. The van der Waals surface area contributed by atoms with Gasteiger partial charge in [0.05, 0.1) is 5.41 Å². The molecule has 4 aliphatic rings. The SMILES string of the molecule is CN1CC[C@]23c4c5ccc(O)c4OC2C(=O)C=CC3(O)[C@H]1C5.O=S(=O)(O)O. The largest absolute Gasteiger partial charge is 0.504 e. The summed E-state index contributed by atoms with van der Waals surface area (Å²) in [6, 6.07) is 3.44. The number of phenols is 1. The Morgan fingerprint density at radius 3 is 2.63 bits per heavy atom. The first-order valence-electron chi connectivity index (χ1n) is 8.36. The van der Waals surface area contributed by atoms with Gasteiger partial charge in [0.15, 0.2) is 23.4 Å². The number of rotatable bonds is 0. The molecule has 0 radical (unpaired) electrons. The topological polar surface area (TPSA) is 145 Å². The van der Waals surface area contributed by atoms with E-state index in [-0.39, 0.29) is 17.6 Å². The zero-order valence-electron chi connectivity index (χ0n) is 14.4. The quantitative estimate of drug-likeness (QED) is 0.440. The molecule has 1 fully saturated rings. The molecule has 0 saturated carbocycles. The molecule has 2 bridgehead atoms. The lowest BCUT2D eigenvalue weighted by Crippen LogP contribution is -2.74. The Hall–Kier alpha value is -1.98. The molecule has 2 aliphatic carbocycles. The number of hydrogen-bond acceptors (Lipinski definition) is 7. The third-order valence-electron chi connectivity index (χ3n) is 6.14. The number of benzene rings is 1. The number of ether oxygens (including phenoxy) is 1. The number of nitrogens with zero attached hydrogens (tertiary/aromatic N) is 1. The Bertz CT molecular complexity index is 965. The number of hydrogen-bond donors (Lipinski definition) is 4. The number of likely N-dealkylation sites (N-methyl/N-ethyl adjacent to an activating group) is 1. The smallest absolute Gasteiger partial charge is 0.394 e. The number of piperidine rings is 1. The van der Waals surface area contributed by atoms with Gasteiger partial charge in [0.1, 0.15) is 5.60 Å². The van der Waals surface area contributed by atoms with Crippen molar-refractivity contribution in [2.45, 2.75) is 36.0 Å². The number of aliphatic hydroxyl groups is 1. The van der Waals surface area contributed by atoms with Crippen molar-refractivity contribution >= 4 is 16.2 Å². The van der Waals surface area contributed by atoms with E-state index in [4.69, 9.17) is 22.3 Å². The molecule has 5 rings (SSSR count). The average molecular weight is 397 g/mol. The first kappa shape index (κ1) is 18.4. The summed E-state index contributed by atoms with van der Waals surface area (Å²) in [6.07, 6.45) is 3.70. The van der Waals surface area contributed by atoms with E-state index in [1.54, 1.807) is 12.1 Å². The number of ketones is 1. The normalized spacial score (nSPS) is 35.8. The minimum Gasteiger partial charge on any atom is -0.504 e. The second-order valence-electron chi connectivity index (χ2n) is 7.38. The summed E-state index contributed by atoms with van der Waals surface area (Å²) in [5, 5.41) is 21.7. The Morgan fingerprint density at radius 2 is 1.96 bits per heavy atom. The zero-order valence-corrected chi connectivity index (χ0v) is 15.2. The molecule has 0 aromatic heterocycles. The van der Waals surface area contributed by atoms with Crippen LogP contribution in [0.3, 0.4) is 0 Å². The molecule has 2 unspecified atom stereocenters. The van der Waals surface area contributed by atoms with Crippen molar-refractivity contribution in [3.8, 4) is 11.5 Å². The first-order chi connectivity index (χ1) is 12.5. The molecule has 4 N–H and O–H groups in total. The van der Waals surface area contributed by atoms with Gasteiger partial charge < -0.3 is 14.9 Å². The Balaban J connectivity index is 0.000000323. The molecular weight excluding hydrogens is 378 g/mol. The van der Waals surface area contributed by atoms with Crippen LogP contribution >= 0.6 is 0 Å². The second-order valence-corrected chi connectivity index (χ2v) is 8.27. The molecule has 1 aromatic rings. The van der Waals surface area contributed by atoms with Gasteiger partial charge in [-0.05, 0) is 50.2 Å². The summed E-state index contributed by atoms with van der Waals surface area (Å²) in [6.45, 7) is 0.794. The predicted octanol–water partition coefficient (Wildman–Crippen LogP) is -0.132. The maximum atomic E-state index is 12.4. The number of aromatic hydroxyl groups is 1. The van der Waals surface area contributed by atoms with Crippen LogP contribution in [0.1, 0.15) is 17.5 Å². The summed E-state index contributed by atoms with van der Waals surface area (Å²) in [4.78, 5) is 14.6. The van der Waals surface area contributed by atoms with Gasteiger partial charge in [0.25, 0.3) is 0 Å². The van der Waals surface area contributed by atoms with Gasteiger partial charge in [0.2, 0.25) is 0 Å². The highest BCUT2D eigenvalue weighted by atomic mass is 32.3. The maximum Gasteiger partial charge on any atom is 0.394 e. The number of likely N-dealkylation sites (tertiary alicyclic amines) is 1. The van der Waals surface area contributed by atoms with Gasteiger partial charge in [-0.25, -0.2) is 0 Å². The number of carbonyl (C=O) groups is 1. The van der Waals surface area contributed by atoms with Gasteiger partial charge in [-0.2, -0.15) is 8.42 Å². The van der Waals surface area contributed by atoms with Crippen molar-refractivity contribution < 1.29 is 37.3 Å². The average Bonchev–Trinajstić information content (AvgIpc) is 2.91. The molecule has 10 heteroatoms. The standard InChI is InChI=1S/C17H17NO4.H2O4S/c1-18-7-6-16-13-9-2-3-10(19)14(13)22-15(16)11(20)4-5-17(16,21)12(18)8-9;1-5(2,3)4/h2-5,12,15,19,21H,6-8H2,1H3;(H2,1,2,3,4)/t12-,15?,16+,17?;/m1./s1. The van der Waals surface area contributed by atoms with E-state index in [0.717, 1.165) is 17.7 Å². The van der Waals surface area contributed by atoms with Gasteiger partial charge >= 0.3 is 10.4 Å². The Labute approximate surface area is 155 Å². The minimum atomic E-state index is -4.67. The second kappa shape index (κ2) is 5.52. The summed E-state index contributed by atoms with van der Waals surface area (Å²) in [5.74, 6) is 0.312. The van der Waals surface area contributed by atoms with Crippen molar-refractivity contribution in [3.63, 3.8) is 0 Å². The molecule has 2 heterocycles. The molecule has 1 spiro atoms. The molecule has 27 heavy (non-hydrogen) atoms. The van der Waals surface area contributed by atoms with Crippen LogP contribution in [0.15, 0.2) is 24.3 Å². The molecule has 0 amide bonds. The fraction of sp³-hybridized carbons (Fsp3) is 0.471. The van der Waals surface area contributed by atoms with Crippen LogP contribution in [0.4, 0.5) is 0 Å². The van der Waals surface area contributed by atoms with Crippen LogP contribution in [0, 0.1) is 0 Å². The van der Waals surface area contributed by atoms with Crippen LogP contribution in [0.2, 0.25) is 0 Å². The first-order valence-corrected chi connectivity index (χ1v) is 9.76. The molecule has 1 aromatic carbocycles. The van der Waals surface area contributed by atoms with Crippen molar-refractivity contribution in [3.05, 3.63) is 35.4 Å². The van der Waals surface area contributed by atoms with Gasteiger partial charge in [0, 0.05) is 11.6 Å². The zero-order chi connectivity index (χ0) is 19.8. The monoisotopic (exact) mass is 397 g/mol. The van der Waals surface area contributed by atoms with E-state index >= 15 is 0 Å². The maximum absolute atomic E-state index is 12.4. The van der Waals surface area contributed by atoms with E-state index in [1.165, 1.54) is 6.08 Å². The highest BCUT2D eigenvalue weighted by Gasteiger charge is 2.71. The van der Waals surface area contributed by atoms with Crippen LogP contribution in [-0.4, -0.2) is 69.8 Å². The number of phenolic OH excluding ortho intramolecular Hbond substituents is 1. The Morgan fingerprint density at radius 1 is 1.30 bits per heavy atom. The van der Waals surface area contributed by atoms with Crippen LogP contribution < -0.4 is 4.74 Å². The van der Waals surface area contributed by atoms with E-state index in [2.05, 4.69) is 4.90 Å². The van der Waals surface area contributed by atoms with Crippen LogP contribution in [0.5, 0.6) is 11.5 Å². The molecule has 1 saturated heterocycles. The highest BCUT2D eigenvalue weighted by molar-refractivity contribution is 7.79. The van der Waals surface area contributed by atoms with Crippen LogP contribution in [0.25, 0.3) is 0 Å².